The Morgan fingerprint density at radius 3 is 2.42 bits per heavy atom. The molecule has 0 saturated carbocycles. The second-order valence-electron chi connectivity index (χ2n) is 3.31. The van der Waals surface area contributed by atoms with Crippen molar-refractivity contribution in [2.24, 2.45) is 5.92 Å². The van der Waals surface area contributed by atoms with Crippen LogP contribution in [0.3, 0.4) is 0 Å². The molecule has 1 N–H and O–H groups in total. The third-order valence-electron chi connectivity index (χ3n) is 2.50. The number of piperidine rings is 1. The van der Waals surface area contributed by atoms with E-state index in [2.05, 4.69) is 37.4 Å². The van der Waals surface area contributed by atoms with Crippen LogP contribution in [0, 0.1) is 5.92 Å². The molecule has 1 heteroatoms. The van der Waals surface area contributed by atoms with Crippen LogP contribution in [0.5, 0.6) is 0 Å². The van der Waals surface area contributed by atoms with Crippen LogP contribution in [0.15, 0.2) is 23.8 Å². The first-order valence-corrected chi connectivity index (χ1v) is 4.88. The van der Waals surface area contributed by atoms with E-state index in [1.165, 1.54) is 31.5 Å². The van der Waals surface area contributed by atoms with Gasteiger partial charge in [0.05, 0.1) is 0 Å². The van der Waals surface area contributed by atoms with Crippen LogP contribution in [-0.2, 0) is 0 Å². The topological polar surface area (TPSA) is 12.0 Å². The number of hydrogen-bond acceptors (Lipinski definition) is 1. The van der Waals surface area contributed by atoms with Gasteiger partial charge >= 0.3 is 0 Å². The molecule has 0 amide bonds. The molecule has 68 valence electrons. The van der Waals surface area contributed by atoms with Gasteiger partial charge in [-0.25, -0.2) is 0 Å². The Labute approximate surface area is 75.6 Å². The van der Waals surface area contributed by atoms with Gasteiger partial charge in [0.15, 0.2) is 0 Å². The summed E-state index contributed by atoms with van der Waals surface area (Å²) in [6, 6.07) is 0. The number of nitrogens with one attached hydrogen (secondary N) is 1. The molecule has 1 aliphatic rings. The Hall–Kier alpha value is -0.560. The molecular formula is C11H19N. The predicted molar refractivity (Wildman–Crippen MR) is 54.2 cm³/mol. The minimum Gasteiger partial charge on any atom is -0.317 e. The fourth-order valence-corrected chi connectivity index (χ4v) is 1.82. The van der Waals surface area contributed by atoms with Crippen molar-refractivity contribution >= 4 is 0 Å². The van der Waals surface area contributed by atoms with Crippen LogP contribution in [0.1, 0.15) is 26.7 Å². The zero-order chi connectivity index (χ0) is 8.81. The molecule has 1 aliphatic heterocycles. The summed E-state index contributed by atoms with van der Waals surface area (Å²) in [7, 11) is 0. The van der Waals surface area contributed by atoms with Crippen molar-refractivity contribution in [3.05, 3.63) is 23.8 Å². The highest BCUT2D eigenvalue weighted by Crippen LogP contribution is 2.21. The van der Waals surface area contributed by atoms with Gasteiger partial charge in [-0.1, -0.05) is 18.2 Å². The smallest absolute Gasteiger partial charge is 0.00431 e. The summed E-state index contributed by atoms with van der Waals surface area (Å²) in [6.07, 6.45) is 9.22. The SMILES string of the molecule is C/C=C\C(=C/C)C1CCNCC1. The van der Waals surface area contributed by atoms with Crippen LogP contribution in [0.4, 0.5) is 0 Å². The Morgan fingerprint density at radius 1 is 1.25 bits per heavy atom. The number of allylic oxidation sites excluding steroid dienone is 4. The van der Waals surface area contributed by atoms with Crippen molar-refractivity contribution < 1.29 is 0 Å². The molecule has 1 heterocycles. The fourth-order valence-electron chi connectivity index (χ4n) is 1.82. The molecule has 0 aromatic carbocycles. The molecule has 0 spiro atoms. The largest absolute Gasteiger partial charge is 0.317 e. The molecular weight excluding hydrogens is 146 g/mol. The van der Waals surface area contributed by atoms with E-state index in [1.54, 1.807) is 0 Å². The van der Waals surface area contributed by atoms with Crippen molar-refractivity contribution in [3.63, 3.8) is 0 Å². The third kappa shape index (κ3) is 2.49. The van der Waals surface area contributed by atoms with Crippen LogP contribution in [0.2, 0.25) is 0 Å². The van der Waals surface area contributed by atoms with Crippen LogP contribution in [-0.4, -0.2) is 13.1 Å². The first-order valence-electron chi connectivity index (χ1n) is 4.88. The summed E-state index contributed by atoms with van der Waals surface area (Å²) in [5, 5.41) is 3.38. The van der Waals surface area contributed by atoms with Gasteiger partial charge in [0.2, 0.25) is 0 Å². The molecule has 1 nitrogen and oxygen atoms in total. The molecule has 1 saturated heterocycles. The molecule has 0 aromatic heterocycles. The van der Waals surface area contributed by atoms with Crippen LogP contribution >= 0.6 is 0 Å². The van der Waals surface area contributed by atoms with Crippen molar-refractivity contribution in [2.75, 3.05) is 13.1 Å². The average Bonchev–Trinajstić information content (AvgIpc) is 2.15. The maximum absolute atomic E-state index is 3.38. The minimum atomic E-state index is 0.799. The van der Waals surface area contributed by atoms with Gasteiger partial charge in [-0.3, -0.25) is 0 Å². The predicted octanol–water partition coefficient (Wildman–Crippen LogP) is 2.51. The van der Waals surface area contributed by atoms with Crippen LogP contribution in [0.25, 0.3) is 0 Å². The van der Waals surface area contributed by atoms with Gasteiger partial charge in [-0.05, 0) is 51.3 Å². The lowest BCUT2D eigenvalue weighted by Crippen LogP contribution is -2.28. The average molecular weight is 165 g/mol. The maximum atomic E-state index is 3.38. The van der Waals surface area contributed by atoms with E-state index in [4.69, 9.17) is 0 Å². The summed E-state index contributed by atoms with van der Waals surface area (Å²) in [5.41, 5.74) is 1.51. The molecule has 0 bridgehead atoms. The van der Waals surface area contributed by atoms with E-state index in [1.807, 2.05) is 0 Å². The molecule has 0 radical (unpaired) electrons. The molecule has 0 aromatic rings. The quantitative estimate of drug-likeness (QED) is 0.620. The lowest BCUT2D eigenvalue weighted by molar-refractivity contribution is 0.425. The highest BCUT2D eigenvalue weighted by Gasteiger charge is 2.14. The van der Waals surface area contributed by atoms with Crippen molar-refractivity contribution in [2.45, 2.75) is 26.7 Å². The highest BCUT2D eigenvalue weighted by atomic mass is 14.9. The lowest BCUT2D eigenvalue weighted by atomic mass is 9.89. The lowest BCUT2D eigenvalue weighted by Gasteiger charge is -2.23. The molecule has 0 unspecified atom stereocenters. The second-order valence-corrected chi connectivity index (χ2v) is 3.31. The Morgan fingerprint density at radius 2 is 1.92 bits per heavy atom. The van der Waals surface area contributed by atoms with E-state index < -0.39 is 0 Å². The molecule has 0 atom stereocenters. The maximum Gasteiger partial charge on any atom is -0.00431 e. The molecule has 0 aliphatic carbocycles. The first kappa shape index (κ1) is 9.53. The molecule has 12 heavy (non-hydrogen) atoms. The normalized spacial score (nSPS) is 22.0. The number of rotatable bonds is 2. The van der Waals surface area contributed by atoms with E-state index in [-0.39, 0.29) is 0 Å². The van der Waals surface area contributed by atoms with Gasteiger partial charge in [-0.15, -0.1) is 0 Å². The third-order valence-corrected chi connectivity index (χ3v) is 2.50. The summed E-state index contributed by atoms with van der Waals surface area (Å²) in [5.74, 6) is 0.799. The van der Waals surface area contributed by atoms with E-state index in [9.17, 15) is 0 Å². The van der Waals surface area contributed by atoms with Gasteiger partial charge in [0.25, 0.3) is 0 Å². The second kappa shape index (κ2) is 5.15. The summed E-state index contributed by atoms with van der Waals surface area (Å²) < 4.78 is 0. The van der Waals surface area contributed by atoms with Crippen molar-refractivity contribution in [1.82, 2.24) is 5.32 Å². The summed E-state index contributed by atoms with van der Waals surface area (Å²) in [4.78, 5) is 0. The number of hydrogen-bond donors (Lipinski definition) is 1. The zero-order valence-electron chi connectivity index (χ0n) is 8.14. The first-order chi connectivity index (χ1) is 5.88. The van der Waals surface area contributed by atoms with Gasteiger partial charge in [-0.2, -0.15) is 0 Å². The van der Waals surface area contributed by atoms with Gasteiger partial charge in [0.1, 0.15) is 0 Å². The van der Waals surface area contributed by atoms with Crippen LogP contribution < -0.4 is 5.32 Å². The molecule has 1 rings (SSSR count). The van der Waals surface area contributed by atoms with E-state index >= 15 is 0 Å². The van der Waals surface area contributed by atoms with Gasteiger partial charge < -0.3 is 5.32 Å². The zero-order valence-corrected chi connectivity index (χ0v) is 8.14. The van der Waals surface area contributed by atoms with E-state index in [0.717, 1.165) is 5.92 Å². The van der Waals surface area contributed by atoms with Gasteiger partial charge in [0, 0.05) is 0 Å². The van der Waals surface area contributed by atoms with Crippen molar-refractivity contribution in [3.8, 4) is 0 Å². The Balaban J connectivity index is 2.52. The highest BCUT2D eigenvalue weighted by molar-refractivity contribution is 5.21. The standard InChI is InChI=1S/C11H19N/c1-3-5-10(4-2)11-6-8-12-9-7-11/h3-5,11-12H,6-9H2,1-2H3/b5-3-,10-4+. The Kier molecular flexibility index (Phi) is 4.09. The fraction of sp³-hybridized carbons (Fsp3) is 0.636. The van der Waals surface area contributed by atoms with E-state index in [0.29, 0.717) is 0 Å². The Bertz CT molecular complexity index is 173. The minimum absolute atomic E-state index is 0.799. The monoisotopic (exact) mass is 165 g/mol. The molecule has 1 fully saturated rings. The van der Waals surface area contributed by atoms with Crippen molar-refractivity contribution in [1.29, 1.82) is 0 Å². The summed E-state index contributed by atoms with van der Waals surface area (Å²) >= 11 is 0. The summed E-state index contributed by atoms with van der Waals surface area (Å²) in [6.45, 7) is 6.58.